The molecule has 0 saturated heterocycles. The van der Waals surface area contributed by atoms with E-state index in [0.29, 0.717) is 36.1 Å². The van der Waals surface area contributed by atoms with Crippen LogP contribution in [0.1, 0.15) is 29.8 Å². The number of rotatable bonds is 10. The number of amides is 1. The number of halogens is 2. The van der Waals surface area contributed by atoms with Crippen molar-refractivity contribution in [2.45, 2.75) is 25.2 Å². The summed E-state index contributed by atoms with van der Waals surface area (Å²) in [5, 5.41) is 3.67. The van der Waals surface area contributed by atoms with Crippen molar-refractivity contribution in [2.75, 3.05) is 26.2 Å². The fraction of sp³-hybridized carbons (Fsp3) is 0.333. The van der Waals surface area contributed by atoms with Crippen LogP contribution < -0.4 is 5.32 Å². The van der Waals surface area contributed by atoms with E-state index >= 15 is 0 Å². The number of esters is 1. The molecule has 0 fully saturated rings. The molecule has 0 aliphatic heterocycles. The van der Waals surface area contributed by atoms with Crippen LogP contribution in [0.25, 0.3) is 0 Å². The van der Waals surface area contributed by atoms with Gasteiger partial charge in [0.2, 0.25) is 10.0 Å². The predicted octanol–water partition coefficient (Wildman–Crippen LogP) is 3.54. The lowest BCUT2D eigenvalue weighted by molar-refractivity contribution is -0.124. The second kappa shape index (κ2) is 11.5. The molecular formula is C21H24Cl2N2O5S. The molecule has 2 rings (SSSR count). The van der Waals surface area contributed by atoms with Crippen LogP contribution in [0.3, 0.4) is 0 Å². The number of ether oxygens (including phenoxy) is 1. The summed E-state index contributed by atoms with van der Waals surface area (Å²) in [5.74, 6) is -1.27. The first-order valence-electron chi connectivity index (χ1n) is 9.67. The summed E-state index contributed by atoms with van der Waals surface area (Å²) in [6.07, 6.45) is 0.487. The fourth-order valence-electron chi connectivity index (χ4n) is 2.82. The van der Waals surface area contributed by atoms with Crippen LogP contribution in [0.4, 0.5) is 0 Å². The molecule has 31 heavy (non-hydrogen) atoms. The lowest BCUT2D eigenvalue weighted by atomic mass is 10.1. The summed E-state index contributed by atoms with van der Waals surface area (Å²) in [7, 11) is -3.71. The van der Waals surface area contributed by atoms with E-state index < -0.39 is 28.5 Å². The minimum Gasteiger partial charge on any atom is -0.452 e. The average Bonchev–Trinajstić information content (AvgIpc) is 2.74. The number of hydrogen-bond acceptors (Lipinski definition) is 5. The molecule has 1 N–H and O–H groups in total. The van der Waals surface area contributed by atoms with Gasteiger partial charge in [-0.3, -0.25) is 4.79 Å². The summed E-state index contributed by atoms with van der Waals surface area (Å²) in [4.78, 5) is 24.2. The third-order valence-electron chi connectivity index (χ3n) is 4.48. The van der Waals surface area contributed by atoms with Gasteiger partial charge in [0.15, 0.2) is 6.61 Å². The highest BCUT2D eigenvalue weighted by Gasteiger charge is 2.23. The van der Waals surface area contributed by atoms with Crippen LogP contribution in [-0.4, -0.2) is 50.8 Å². The Kier molecular flexibility index (Phi) is 9.31. The SMILES string of the molecule is CCN(CC)S(=O)(=O)c1cccc(C(=O)OCC(=O)NCCc2ccc(Cl)cc2Cl)c1. The topological polar surface area (TPSA) is 92.8 Å². The zero-order chi connectivity index (χ0) is 23.0. The molecule has 0 atom stereocenters. The molecule has 0 radical (unpaired) electrons. The zero-order valence-electron chi connectivity index (χ0n) is 17.2. The van der Waals surface area contributed by atoms with Gasteiger partial charge in [-0.25, -0.2) is 13.2 Å². The van der Waals surface area contributed by atoms with Crippen molar-refractivity contribution in [3.8, 4) is 0 Å². The van der Waals surface area contributed by atoms with Gasteiger partial charge in [-0.1, -0.05) is 49.2 Å². The van der Waals surface area contributed by atoms with Crippen molar-refractivity contribution >= 4 is 45.1 Å². The minimum absolute atomic E-state index is 0.00468. The second-order valence-electron chi connectivity index (χ2n) is 6.53. The van der Waals surface area contributed by atoms with Crippen molar-refractivity contribution in [1.82, 2.24) is 9.62 Å². The van der Waals surface area contributed by atoms with Crippen molar-refractivity contribution in [2.24, 2.45) is 0 Å². The number of carbonyl (C=O) groups is 2. The van der Waals surface area contributed by atoms with Crippen molar-refractivity contribution in [3.05, 3.63) is 63.6 Å². The highest BCUT2D eigenvalue weighted by molar-refractivity contribution is 7.89. The number of nitrogens with zero attached hydrogens (tertiary/aromatic N) is 1. The minimum atomic E-state index is -3.71. The van der Waals surface area contributed by atoms with E-state index in [9.17, 15) is 18.0 Å². The van der Waals surface area contributed by atoms with Gasteiger partial charge in [-0.2, -0.15) is 4.31 Å². The Morgan fingerprint density at radius 1 is 1.06 bits per heavy atom. The van der Waals surface area contributed by atoms with Gasteiger partial charge in [0.05, 0.1) is 10.5 Å². The zero-order valence-corrected chi connectivity index (χ0v) is 19.6. The smallest absolute Gasteiger partial charge is 0.338 e. The maximum atomic E-state index is 12.6. The van der Waals surface area contributed by atoms with Gasteiger partial charge in [0.1, 0.15) is 0 Å². The van der Waals surface area contributed by atoms with E-state index in [2.05, 4.69) is 5.32 Å². The summed E-state index contributed by atoms with van der Waals surface area (Å²) in [5.41, 5.74) is 0.878. The second-order valence-corrected chi connectivity index (χ2v) is 9.31. The van der Waals surface area contributed by atoms with E-state index in [1.54, 1.807) is 32.0 Å². The molecule has 1 amide bonds. The Balaban J connectivity index is 1.90. The van der Waals surface area contributed by atoms with Crippen LogP contribution in [0.5, 0.6) is 0 Å². The lowest BCUT2D eigenvalue weighted by Crippen LogP contribution is -2.31. The molecule has 168 valence electrons. The standard InChI is InChI=1S/C21H24Cl2N2O5S/c1-3-25(4-2)31(28,29)18-7-5-6-16(12-18)21(27)30-14-20(26)24-11-10-15-8-9-17(22)13-19(15)23/h5-9,12-13H,3-4,10-11,14H2,1-2H3,(H,24,26). The molecule has 0 aromatic heterocycles. The predicted molar refractivity (Wildman–Crippen MR) is 120 cm³/mol. The fourth-order valence-corrected chi connectivity index (χ4v) is 4.83. The van der Waals surface area contributed by atoms with Gasteiger partial charge < -0.3 is 10.1 Å². The van der Waals surface area contributed by atoms with Crippen molar-refractivity contribution < 1.29 is 22.7 Å². The number of sulfonamides is 1. The number of nitrogens with one attached hydrogen (secondary N) is 1. The molecule has 0 aliphatic rings. The van der Waals surface area contributed by atoms with Gasteiger partial charge in [0, 0.05) is 29.7 Å². The van der Waals surface area contributed by atoms with Crippen LogP contribution >= 0.6 is 23.2 Å². The Bertz CT molecular complexity index is 1040. The first-order chi connectivity index (χ1) is 14.7. The first kappa shape index (κ1) is 25.1. The van der Waals surface area contributed by atoms with Crippen LogP contribution in [0.2, 0.25) is 10.0 Å². The first-order valence-corrected chi connectivity index (χ1v) is 11.9. The number of hydrogen-bond donors (Lipinski definition) is 1. The van der Waals surface area contributed by atoms with Gasteiger partial charge in [0.25, 0.3) is 5.91 Å². The Labute approximate surface area is 192 Å². The largest absolute Gasteiger partial charge is 0.452 e. The third-order valence-corrected chi connectivity index (χ3v) is 7.11. The van der Waals surface area contributed by atoms with Gasteiger partial charge >= 0.3 is 5.97 Å². The normalized spacial score (nSPS) is 11.4. The summed E-state index contributed by atoms with van der Waals surface area (Å²) >= 11 is 11.9. The Hall–Kier alpha value is -2.13. The van der Waals surface area contributed by atoms with E-state index in [1.807, 2.05) is 0 Å². The number of carbonyl (C=O) groups excluding carboxylic acids is 2. The highest BCUT2D eigenvalue weighted by atomic mass is 35.5. The summed E-state index contributed by atoms with van der Waals surface area (Å²) < 4.78 is 31.5. The van der Waals surface area contributed by atoms with Crippen molar-refractivity contribution in [3.63, 3.8) is 0 Å². The van der Waals surface area contributed by atoms with E-state index in [1.165, 1.54) is 28.6 Å². The van der Waals surface area contributed by atoms with E-state index in [0.717, 1.165) is 5.56 Å². The number of benzene rings is 2. The molecule has 0 heterocycles. The lowest BCUT2D eigenvalue weighted by Gasteiger charge is -2.18. The molecule has 0 spiro atoms. The highest BCUT2D eigenvalue weighted by Crippen LogP contribution is 2.21. The quantitative estimate of drug-likeness (QED) is 0.518. The van der Waals surface area contributed by atoms with Crippen molar-refractivity contribution in [1.29, 1.82) is 0 Å². The van der Waals surface area contributed by atoms with Gasteiger partial charge in [-0.15, -0.1) is 0 Å². The summed E-state index contributed by atoms with van der Waals surface area (Å²) in [6.45, 7) is 3.91. The molecule has 0 saturated carbocycles. The Morgan fingerprint density at radius 2 is 1.77 bits per heavy atom. The monoisotopic (exact) mass is 486 g/mol. The maximum Gasteiger partial charge on any atom is 0.338 e. The third kappa shape index (κ3) is 6.93. The maximum absolute atomic E-state index is 12.6. The van der Waals surface area contributed by atoms with Gasteiger partial charge in [-0.05, 0) is 42.3 Å². The molecule has 0 aliphatic carbocycles. The molecule has 2 aromatic carbocycles. The van der Waals surface area contributed by atoms with E-state index in [4.69, 9.17) is 27.9 Å². The molecular weight excluding hydrogens is 463 g/mol. The van der Waals surface area contributed by atoms with Crippen LogP contribution in [0, 0.1) is 0 Å². The average molecular weight is 487 g/mol. The molecule has 10 heteroatoms. The van der Waals surface area contributed by atoms with Crippen LogP contribution in [0.15, 0.2) is 47.4 Å². The van der Waals surface area contributed by atoms with E-state index in [-0.39, 0.29) is 10.5 Å². The Morgan fingerprint density at radius 3 is 2.42 bits per heavy atom. The summed E-state index contributed by atoms with van der Waals surface area (Å²) in [6, 6.07) is 10.7. The molecule has 7 nitrogen and oxygen atoms in total. The molecule has 0 unspecified atom stereocenters. The van der Waals surface area contributed by atoms with Crippen LogP contribution in [-0.2, 0) is 26.0 Å². The molecule has 2 aromatic rings. The molecule has 0 bridgehead atoms.